The molecule has 0 radical (unpaired) electrons. The zero-order chi connectivity index (χ0) is 12.7. The maximum absolute atomic E-state index is 11.9. The summed E-state index contributed by atoms with van der Waals surface area (Å²) in [6, 6.07) is 3.20. The van der Waals surface area contributed by atoms with Gasteiger partial charge in [-0.1, -0.05) is 24.9 Å². The van der Waals surface area contributed by atoms with E-state index in [9.17, 15) is 4.79 Å². The lowest BCUT2D eigenvalue weighted by molar-refractivity contribution is 0.0886. The second-order valence-electron chi connectivity index (χ2n) is 3.77. The van der Waals surface area contributed by atoms with Gasteiger partial charge in [0.2, 0.25) is 0 Å². The van der Waals surface area contributed by atoms with Gasteiger partial charge in [0.15, 0.2) is 0 Å². The number of methoxy groups -OCH3 is 1. The molecule has 5 heteroatoms. The summed E-state index contributed by atoms with van der Waals surface area (Å²) in [7, 11) is 1.62. The molecule has 0 spiro atoms. The number of ether oxygens (including phenoxy) is 1. The topological polar surface area (TPSA) is 51.2 Å². The Morgan fingerprint density at radius 2 is 2.41 bits per heavy atom. The van der Waals surface area contributed by atoms with Gasteiger partial charge in [-0.3, -0.25) is 9.78 Å². The summed E-state index contributed by atoms with van der Waals surface area (Å²) in [5, 5.41) is 3.38. The molecule has 0 saturated carbocycles. The van der Waals surface area contributed by atoms with Crippen LogP contribution in [-0.4, -0.2) is 30.6 Å². The summed E-state index contributed by atoms with van der Waals surface area (Å²) in [6.07, 6.45) is 3.37. The number of hydrogen-bond donors (Lipinski definition) is 1. The SMILES string of the molecule is CCCC(COC)NC(=O)c1cc(Cl)ccn1. The van der Waals surface area contributed by atoms with E-state index in [1.165, 1.54) is 6.20 Å². The van der Waals surface area contributed by atoms with Crippen molar-refractivity contribution >= 4 is 17.5 Å². The van der Waals surface area contributed by atoms with Crippen LogP contribution in [0.4, 0.5) is 0 Å². The summed E-state index contributed by atoms with van der Waals surface area (Å²) in [4.78, 5) is 15.8. The molecule has 0 fully saturated rings. The Hall–Kier alpha value is -1.13. The maximum Gasteiger partial charge on any atom is 0.270 e. The minimum absolute atomic E-state index is 0.0123. The van der Waals surface area contributed by atoms with E-state index in [0.29, 0.717) is 17.3 Å². The lowest BCUT2D eigenvalue weighted by Crippen LogP contribution is -2.38. The molecule has 0 aliphatic rings. The minimum atomic E-state index is -0.219. The number of hydrogen-bond acceptors (Lipinski definition) is 3. The fourth-order valence-electron chi connectivity index (χ4n) is 1.54. The average Bonchev–Trinajstić information content (AvgIpc) is 2.29. The number of halogens is 1. The minimum Gasteiger partial charge on any atom is -0.383 e. The van der Waals surface area contributed by atoms with E-state index < -0.39 is 0 Å². The van der Waals surface area contributed by atoms with Gasteiger partial charge in [-0.05, 0) is 18.6 Å². The third kappa shape index (κ3) is 4.71. The van der Waals surface area contributed by atoms with Gasteiger partial charge in [0.05, 0.1) is 12.6 Å². The maximum atomic E-state index is 11.9. The Morgan fingerprint density at radius 1 is 1.65 bits per heavy atom. The molecule has 1 aromatic heterocycles. The molecular weight excluding hydrogens is 240 g/mol. The van der Waals surface area contributed by atoms with E-state index in [-0.39, 0.29) is 11.9 Å². The molecule has 1 aromatic rings. The molecule has 1 amide bonds. The van der Waals surface area contributed by atoms with Crippen molar-refractivity contribution in [3.05, 3.63) is 29.0 Å². The molecule has 0 aromatic carbocycles. The number of carbonyl (C=O) groups excluding carboxylic acids is 1. The number of nitrogens with one attached hydrogen (secondary N) is 1. The van der Waals surface area contributed by atoms with Crippen molar-refractivity contribution in [1.82, 2.24) is 10.3 Å². The summed E-state index contributed by atoms with van der Waals surface area (Å²) >= 11 is 5.80. The number of amides is 1. The van der Waals surface area contributed by atoms with Crippen molar-refractivity contribution in [2.75, 3.05) is 13.7 Å². The van der Waals surface area contributed by atoms with Crippen LogP contribution in [0, 0.1) is 0 Å². The third-order valence-corrected chi connectivity index (χ3v) is 2.53. The fraction of sp³-hybridized carbons (Fsp3) is 0.500. The highest BCUT2D eigenvalue weighted by Gasteiger charge is 2.13. The van der Waals surface area contributed by atoms with E-state index in [0.717, 1.165) is 12.8 Å². The lowest BCUT2D eigenvalue weighted by atomic mass is 10.1. The quantitative estimate of drug-likeness (QED) is 0.850. The second kappa shape index (κ2) is 7.25. The molecule has 1 N–H and O–H groups in total. The van der Waals surface area contributed by atoms with Crippen LogP contribution in [0.2, 0.25) is 5.02 Å². The highest BCUT2D eigenvalue weighted by atomic mass is 35.5. The van der Waals surface area contributed by atoms with Crippen molar-refractivity contribution in [3.8, 4) is 0 Å². The first-order chi connectivity index (χ1) is 8.17. The molecule has 1 heterocycles. The van der Waals surface area contributed by atoms with Gasteiger partial charge in [0.25, 0.3) is 5.91 Å². The van der Waals surface area contributed by atoms with Crippen LogP contribution in [0.1, 0.15) is 30.3 Å². The molecule has 0 aliphatic heterocycles. The number of rotatable bonds is 6. The Morgan fingerprint density at radius 3 is 3.00 bits per heavy atom. The second-order valence-corrected chi connectivity index (χ2v) is 4.21. The number of pyridine rings is 1. The first-order valence-corrected chi connectivity index (χ1v) is 5.96. The molecule has 0 aliphatic carbocycles. The summed E-state index contributed by atoms with van der Waals surface area (Å²) in [6.45, 7) is 2.56. The first kappa shape index (κ1) is 13.9. The Kier molecular flexibility index (Phi) is 5.94. The summed E-state index contributed by atoms with van der Waals surface area (Å²) in [5.74, 6) is -0.219. The Labute approximate surface area is 106 Å². The zero-order valence-corrected chi connectivity index (χ0v) is 10.8. The van der Waals surface area contributed by atoms with Crippen LogP contribution in [0.3, 0.4) is 0 Å². The molecule has 1 unspecified atom stereocenters. The van der Waals surface area contributed by atoms with E-state index in [1.54, 1.807) is 19.2 Å². The van der Waals surface area contributed by atoms with E-state index >= 15 is 0 Å². The van der Waals surface area contributed by atoms with Crippen molar-refractivity contribution in [1.29, 1.82) is 0 Å². The Balaban J connectivity index is 2.63. The van der Waals surface area contributed by atoms with Gasteiger partial charge in [0, 0.05) is 18.3 Å². The van der Waals surface area contributed by atoms with Crippen molar-refractivity contribution in [2.24, 2.45) is 0 Å². The van der Waals surface area contributed by atoms with Gasteiger partial charge < -0.3 is 10.1 Å². The van der Waals surface area contributed by atoms with Crippen LogP contribution >= 0.6 is 11.6 Å². The van der Waals surface area contributed by atoms with Gasteiger partial charge in [-0.2, -0.15) is 0 Å². The highest BCUT2D eigenvalue weighted by Crippen LogP contribution is 2.08. The van der Waals surface area contributed by atoms with Crippen molar-refractivity contribution in [3.63, 3.8) is 0 Å². The molecule has 4 nitrogen and oxygen atoms in total. The monoisotopic (exact) mass is 256 g/mol. The van der Waals surface area contributed by atoms with Gasteiger partial charge in [0.1, 0.15) is 5.69 Å². The van der Waals surface area contributed by atoms with Crippen LogP contribution in [-0.2, 0) is 4.74 Å². The normalized spacial score (nSPS) is 12.2. The molecular formula is C12H17ClN2O2. The molecule has 94 valence electrons. The molecule has 0 saturated heterocycles. The third-order valence-electron chi connectivity index (χ3n) is 2.29. The molecule has 0 bridgehead atoms. The summed E-state index contributed by atoms with van der Waals surface area (Å²) in [5.41, 5.74) is 0.328. The van der Waals surface area contributed by atoms with Gasteiger partial charge in [-0.25, -0.2) is 0 Å². The van der Waals surface area contributed by atoms with E-state index in [4.69, 9.17) is 16.3 Å². The van der Waals surface area contributed by atoms with Crippen LogP contribution in [0.15, 0.2) is 18.3 Å². The van der Waals surface area contributed by atoms with E-state index in [1.807, 2.05) is 0 Å². The first-order valence-electron chi connectivity index (χ1n) is 5.58. The average molecular weight is 257 g/mol. The Bertz CT molecular complexity index is 365. The van der Waals surface area contributed by atoms with Crippen LogP contribution in [0.5, 0.6) is 0 Å². The van der Waals surface area contributed by atoms with Crippen molar-refractivity contribution < 1.29 is 9.53 Å². The number of aromatic nitrogens is 1. The largest absolute Gasteiger partial charge is 0.383 e. The van der Waals surface area contributed by atoms with Gasteiger partial charge in [-0.15, -0.1) is 0 Å². The zero-order valence-electron chi connectivity index (χ0n) is 10.1. The smallest absolute Gasteiger partial charge is 0.270 e. The fourth-order valence-corrected chi connectivity index (χ4v) is 1.69. The van der Waals surface area contributed by atoms with Crippen molar-refractivity contribution in [2.45, 2.75) is 25.8 Å². The van der Waals surface area contributed by atoms with Gasteiger partial charge >= 0.3 is 0 Å². The molecule has 17 heavy (non-hydrogen) atoms. The van der Waals surface area contributed by atoms with Crippen LogP contribution in [0.25, 0.3) is 0 Å². The summed E-state index contributed by atoms with van der Waals surface area (Å²) < 4.78 is 5.06. The molecule has 1 atom stereocenters. The predicted octanol–water partition coefficient (Wildman–Crippen LogP) is 2.28. The van der Waals surface area contributed by atoms with Crippen LogP contribution < -0.4 is 5.32 Å². The number of nitrogens with zero attached hydrogens (tertiary/aromatic N) is 1. The molecule has 1 rings (SSSR count). The number of carbonyl (C=O) groups is 1. The highest BCUT2D eigenvalue weighted by molar-refractivity contribution is 6.30. The lowest BCUT2D eigenvalue weighted by Gasteiger charge is -2.16. The predicted molar refractivity (Wildman–Crippen MR) is 67.3 cm³/mol. The standard InChI is InChI=1S/C12H17ClN2O2/c1-3-4-10(8-17-2)15-12(16)11-7-9(13)5-6-14-11/h5-7,10H,3-4,8H2,1-2H3,(H,15,16). The van der Waals surface area contributed by atoms with E-state index in [2.05, 4.69) is 17.2 Å².